The van der Waals surface area contributed by atoms with E-state index in [1.54, 1.807) is 0 Å². The van der Waals surface area contributed by atoms with E-state index in [1.807, 2.05) is 37.3 Å². The van der Waals surface area contributed by atoms with Crippen LogP contribution < -0.4 is 10.6 Å². The zero-order chi connectivity index (χ0) is 11.8. The third-order valence-corrected chi connectivity index (χ3v) is 2.26. The van der Waals surface area contributed by atoms with Gasteiger partial charge >= 0.3 is 0 Å². The maximum Gasteiger partial charge on any atom is 0.239 e. The molecule has 0 saturated heterocycles. The van der Waals surface area contributed by atoms with Crippen LogP contribution in [0.4, 0.5) is 0 Å². The Labute approximate surface area is 95.7 Å². The predicted molar refractivity (Wildman–Crippen MR) is 62.8 cm³/mol. The molecule has 0 bridgehead atoms. The fraction of sp³-hybridized carbons (Fsp3) is 0.417. The number of aliphatic hydroxyl groups excluding tert-OH is 1. The molecule has 0 spiro atoms. The molecule has 0 aromatic heterocycles. The van der Waals surface area contributed by atoms with Crippen molar-refractivity contribution in [1.29, 1.82) is 0 Å². The zero-order valence-corrected chi connectivity index (χ0v) is 9.44. The maximum atomic E-state index is 11.6. The first kappa shape index (κ1) is 12.7. The molecule has 0 aliphatic carbocycles. The Morgan fingerprint density at radius 3 is 2.62 bits per heavy atom. The third-order valence-electron chi connectivity index (χ3n) is 2.26. The molecule has 0 saturated carbocycles. The van der Waals surface area contributed by atoms with E-state index in [2.05, 4.69) is 10.6 Å². The minimum atomic E-state index is -0.520. The molecule has 0 heterocycles. The largest absolute Gasteiger partial charge is 0.394 e. The molecule has 3 N–H and O–H groups in total. The van der Waals surface area contributed by atoms with Crippen LogP contribution in [0.5, 0.6) is 0 Å². The smallest absolute Gasteiger partial charge is 0.239 e. The van der Waals surface area contributed by atoms with Crippen LogP contribution in [0.15, 0.2) is 30.3 Å². The van der Waals surface area contributed by atoms with E-state index in [9.17, 15) is 4.79 Å². The van der Waals surface area contributed by atoms with E-state index in [1.165, 1.54) is 0 Å². The van der Waals surface area contributed by atoms with Crippen LogP contribution >= 0.6 is 0 Å². The molecule has 1 amide bonds. The molecule has 1 atom stereocenters. The monoisotopic (exact) mass is 222 g/mol. The lowest BCUT2D eigenvalue weighted by Gasteiger charge is -2.14. The second-order valence-corrected chi connectivity index (χ2v) is 3.50. The molecule has 1 aromatic carbocycles. The first-order valence-corrected chi connectivity index (χ1v) is 5.43. The summed E-state index contributed by atoms with van der Waals surface area (Å²) in [5.74, 6) is -0.173. The summed E-state index contributed by atoms with van der Waals surface area (Å²) in [6.45, 7) is 2.85. The van der Waals surface area contributed by atoms with Gasteiger partial charge in [-0.3, -0.25) is 4.79 Å². The van der Waals surface area contributed by atoms with Crippen LogP contribution in [-0.4, -0.2) is 30.2 Å². The highest BCUT2D eigenvalue weighted by molar-refractivity contribution is 5.81. The van der Waals surface area contributed by atoms with E-state index >= 15 is 0 Å². The Balaban J connectivity index is 2.40. The summed E-state index contributed by atoms with van der Waals surface area (Å²) in [7, 11) is 0. The first-order chi connectivity index (χ1) is 7.77. The number of hydrogen-bond donors (Lipinski definition) is 3. The highest BCUT2D eigenvalue weighted by atomic mass is 16.3. The van der Waals surface area contributed by atoms with Gasteiger partial charge in [0.2, 0.25) is 5.91 Å². The topological polar surface area (TPSA) is 61.4 Å². The van der Waals surface area contributed by atoms with Crippen molar-refractivity contribution in [1.82, 2.24) is 10.6 Å². The summed E-state index contributed by atoms with van der Waals surface area (Å²) >= 11 is 0. The fourth-order valence-corrected chi connectivity index (χ4v) is 1.39. The molecule has 4 heteroatoms. The summed E-state index contributed by atoms with van der Waals surface area (Å²) in [4.78, 5) is 11.6. The third kappa shape index (κ3) is 4.00. The van der Waals surface area contributed by atoms with Gasteiger partial charge in [0.05, 0.1) is 6.61 Å². The van der Waals surface area contributed by atoms with Crippen molar-refractivity contribution in [3.05, 3.63) is 35.9 Å². The summed E-state index contributed by atoms with van der Waals surface area (Å²) < 4.78 is 0. The van der Waals surface area contributed by atoms with Crippen LogP contribution in [0.1, 0.15) is 12.5 Å². The second-order valence-electron chi connectivity index (χ2n) is 3.50. The average molecular weight is 222 g/mol. The Morgan fingerprint density at radius 2 is 2.06 bits per heavy atom. The summed E-state index contributed by atoms with van der Waals surface area (Å²) in [6.07, 6.45) is 0. The second kappa shape index (κ2) is 6.98. The number of carbonyl (C=O) groups excluding carboxylic acids is 1. The van der Waals surface area contributed by atoms with Crippen LogP contribution in [-0.2, 0) is 11.3 Å². The molecule has 16 heavy (non-hydrogen) atoms. The van der Waals surface area contributed by atoms with Gasteiger partial charge in [0.1, 0.15) is 6.04 Å². The average Bonchev–Trinajstić information content (AvgIpc) is 2.34. The number of likely N-dealkylation sites (N-methyl/N-ethyl adjacent to an activating group) is 1. The van der Waals surface area contributed by atoms with Crippen molar-refractivity contribution in [3.8, 4) is 0 Å². The standard InChI is InChI=1S/C12H18N2O2/c1-2-13-11(9-15)12(16)14-8-10-6-4-3-5-7-10/h3-7,11,13,15H,2,8-9H2,1H3,(H,14,16)/t11-/m1/s1. The van der Waals surface area contributed by atoms with Crippen molar-refractivity contribution in [2.75, 3.05) is 13.2 Å². The molecule has 0 radical (unpaired) electrons. The normalized spacial score (nSPS) is 12.1. The minimum Gasteiger partial charge on any atom is -0.394 e. The fourth-order valence-electron chi connectivity index (χ4n) is 1.39. The Bertz CT molecular complexity index is 314. The van der Waals surface area contributed by atoms with Gasteiger partial charge in [-0.25, -0.2) is 0 Å². The number of aliphatic hydroxyl groups is 1. The summed E-state index contributed by atoms with van der Waals surface area (Å²) in [6, 6.07) is 9.15. The van der Waals surface area contributed by atoms with Crippen LogP contribution in [0.3, 0.4) is 0 Å². The van der Waals surface area contributed by atoms with Gasteiger partial charge in [-0.15, -0.1) is 0 Å². The van der Waals surface area contributed by atoms with E-state index in [0.29, 0.717) is 13.1 Å². The number of hydrogen-bond acceptors (Lipinski definition) is 3. The van der Waals surface area contributed by atoms with Crippen LogP contribution in [0.25, 0.3) is 0 Å². The molecular weight excluding hydrogens is 204 g/mol. The maximum absolute atomic E-state index is 11.6. The number of carbonyl (C=O) groups is 1. The molecule has 0 fully saturated rings. The number of rotatable bonds is 6. The van der Waals surface area contributed by atoms with Gasteiger partial charge in [-0.05, 0) is 12.1 Å². The Hall–Kier alpha value is -1.39. The lowest BCUT2D eigenvalue weighted by molar-refractivity contribution is -0.124. The molecule has 88 valence electrons. The molecule has 4 nitrogen and oxygen atoms in total. The zero-order valence-electron chi connectivity index (χ0n) is 9.44. The van der Waals surface area contributed by atoms with Crippen molar-refractivity contribution in [2.24, 2.45) is 0 Å². The van der Waals surface area contributed by atoms with Crippen LogP contribution in [0.2, 0.25) is 0 Å². The van der Waals surface area contributed by atoms with Gasteiger partial charge in [0.15, 0.2) is 0 Å². The molecule has 0 aliphatic heterocycles. The predicted octanol–water partition coefficient (Wildman–Crippen LogP) is 0.273. The molecule has 0 unspecified atom stereocenters. The van der Waals surface area contributed by atoms with Gasteiger partial charge in [-0.2, -0.15) is 0 Å². The van der Waals surface area contributed by atoms with Crippen molar-refractivity contribution in [2.45, 2.75) is 19.5 Å². The summed E-state index contributed by atoms with van der Waals surface area (Å²) in [5, 5.41) is 14.7. The lowest BCUT2D eigenvalue weighted by atomic mass is 10.2. The van der Waals surface area contributed by atoms with E-state index in [-0.39, 0.29) is 12.5 Å². The van der Waals surface area contributed by atoms with E-state index < -0.39 is 6.04 Å². The highest BCUT2D eigenvalue weighted by Crippen LogP contribution is 1.97. The Morgan fingerprint density at radius 1 is 1.38 bits per heavy atom. The van der Waals surface area contributed by atoms with Gasteiger partial charge < -0.3 is 15.7 Å². The van der Waals surface area contributed by atoms with Crippen LogP contribution in [0, 0.1) is 0 Å². The Kier molecular flexibility index (Phi) is 5.53. The van der Waals surface area contributed by atoms with Gasteiger partial charge in [-0.1, -0.05) is 37.3 Å². The quantitative estimate of drug-likeness (QED) is 0.647. The molecular formula is C12H18N2O2. The molecule has 0 aliphatic rings. The number of amides is 1. The molecule has 1 rings (SSSR count). The minimum absolute atomic E-state index is 0.173. The van der Waals surface area contributed by atoms with Crippen molar-refractivity contribution < 1.29 is 9.90 Å². The number of benzene rings is 1. The highest BCUT2D eigenvalue weighted by Gasteiger charge is 2.14. The van der Waals surface area contributed by atoms with E-state index in [0.717, 1.165) is 5.56 Å². The van der Waals surface area contributed by atoms with Crippen molar-refractivity contribution >= 4 is 5.91 Å². The van der Waals surface area contributed by atoms with Gasteiger partial charge in [0, 0.05) is 6.54 Å². The number of nitrogens with one attached hydrogen (secondary N) is 2. The van der Waals surface area contributed by atoms with E-state index in [4.69, 9.17) is 5.11 Å². The van der Waals surface area contributed by atoms with Gasteiger partial charge in [0.25, 0.3) is 0 Å². The SMILES string of the molecule is CCN[C@H](CO)C(=O)NCc1ccccc1. The summed E-state index contributed by atoms with van der Waals surface area (Å²) in [5.41, 5.74) is 1.05. The molecule has 1 aromatic rings. The lowest BCUT2D eigenvalue weighted by Crippen LogP contribution is -2.46. The first-order valence-electron chi connectivity index (χ1n) is 5.43. The van der Waals surface area contributed by atoms with Crippen molar-refractivity contribution in [3.63, 3.8) is 0 Å².